The van der Waals surface area contributed by atoms with Crippen LogP contribution in [0.15, 0.2) is 34.4 Å². The molecule has 1 N–H and O–H groups in total. The van der Waals surface area contributed by atoms with Crippen molar-refractivity contribution in [2.45, 2.75) is 6.10 Å². The highest BCUT2D eigenvalue weighted by Gasteiger charge is 2.13. The van der Waals surface area contributed by atoms with Crippen molar-refractivity contribution in [2.75, 3.05) is 7.11 Å². The molecule has 1 atom stereocenters. The molecule has 0 fully saturated rings. The molecule has 1 aromatic carbocycles. The number of rotatable bonds is 3. The molecule has 0 saturated heterocycles. The van der Waals surface area contributed by atoms with Crippen LogP contribution in [0.5, 0.6) is 5.75 Å². The summed E-state index contributed by atoms with van der Waals surface area (Å²) in [5.74, 6) is 0.736. The average Bonchev–Trinajstić information content (AvgIpc) is 2.75. The topological polar surface area (TPSA) is 42.4 Å². The minimum atomic E-state index is -0.654. The molecule has 1 aromatic heterocycles. The number of benzene rings is 1. The lowest BCUT2D eigenvalue weighted by atomic mass is 10.1. The summed E-state index contributed by atoms with van der Waals surface area (Å²) in [6.07, 6.45) is 1.01. The van der Waals surface area contributed by atoms with E-state index in [0.717, 1.165) is 20.1 Å². The fraction of sp³-hybridized carbons (Fsp3) is 0.182. The first-order valence-electron chi connectivity index (χ1n) is 4.64. The molecule has 84 valence electrons. The van der Waals surface area contributed by atoms with Crippen molar-refractivity contribution in [1.29, 1.82) is 0 Å². The summed E-state index contributed by atoms with van der Waals surface area (Å²) >= 11 is 4.69. The van der Waals surface area contributed by atoms with Gasteiger partial charge in [0.15, 0.2) is 3.92 Å². The van der Waals surface area contributed by atoms with Crippen LogP contribution in [0, 0.1) is 0 Å². The summed E-state index contributed by atoms with van der Waals surface area (Å²) < 4.78 is 5.88. The maximum absolute atomic E-state index is 10.1. The first-order valence-corrected chi connectivity index (χ1v) is 6.25. The number of aliphatic hydroxyl groups is 1. The number of ether oxygens (including phenoxy) is 1. The van der Waals surface area contributed by atoms with Gasteiger partial charge in [-0.3, -0.25) is 0 Å². The van der Waals surface area contributed by atoms with Crippen LogP contribution in [0.4, 0.5) is 0 Å². The van der Waals surface area contributed by atoms with Gasteiger partial charge < -0.3 is 9.84 Å². The van der Waals surface area contributed by atoms with Crippen molar-refractivity contribution in [2.24, 2.45) is 0 Å². The van der Waals surface area contributed by atoms with E-state index in [4.69, 9.17) is 4.74 Å². The molecular weight excluding hydrogens is 290 g/mol. The maximum atomic E-state index is 10.1. The zero-order valence-corrected chi connectivity index (χ0v) is 11.0. The SMILES string of the molecule is COc1cccc(C(O)c2cnc(Br)s2)c1. The Hall–Kier alpha value is -0.910. The van der Waals surface area contributed by atoms with Gasteiger partial charge in [-0.15, -0.1) is 11.3 Å². The van der Waals surface area contributed by atoms with Gasteiger partial charge in [0.25, 0.3) is 0 Å². The largest absolute Gasteiger partial charge is 0.497 e. The summed E-state index contributed by atoms with van der Waals surface area (Å²) in [6.45, 7) is 0. The Bertz CT molecular complexity index is 486. The van der Waals surface area contributed by atoms with Crippen molar-refractivity contribution in [1.82, 2.24) is 4.98 Å². The molecule has 3 nitrogen and oxygen atoms in total. The lowest BCUT2D eigenvalue weighted by Gasteiger charge is -2.09. The maximum Gasteiger partial charge on any atom is 0.159 e. The molecule has 5 heteroatoms. The number of aliphatic hydroxyl groups excluding tert-OH is 1. The molecule has 0 amide bonds. The molecule has 0 aliphatic carbocycles. The third-order valence-electron chi connectivity index (χ3n) is 2.17. The summed E-state index contributed by atoms with van der Waals surface area (Å²) in [4.78, 5) is 4.86. The van der Waals surface area contributed by atoms with E-state index < -0.39 is 6.10 Å². The molecule has 2 rings (SSSR count). The van der Waals surface area contributed by atoms with Crippen molar-refractivity contribution in [3.05, 3.63) is 44.8 Å². The van der Waals surface area contributed by atoms with E-state index in [0.29, 0.717) is 0 Å². The molecule has 2 aromatic rings. The molecule has 0 saturated carbocycles. The quantitative estimate of drug-likeness (QED) is 0.947. The summed E-state index contributed by atoms with van der Waals surface area (Å²) in [5.41, 5.74) is 0.801. The summed E-state index contributed by atoms with van der Waals surface area (Å²) in [6, 6.07) is 7.38. The third-order valence-corrected chi connectivity index (χ3v) is 3.70. The van der Waals surface area contributed by atoms with Gasteiger partial charge >= 0.3 is 0 Å². The minimum absolute atomic E-state index is 0.654. The van der Waals surface area contributed by atoms with E-state index >= 15 is 0 Å². The number of halogens is 1. The fourth-order valence-corrected chi connectivity index (χ4v) is 2.68. The smallest absolute Gasteiger partial charge is 0.159 e. The predicted octanol–water partition coefficient (Wildman–Crippen LogP) is 3.00. The van der Waals surface area contributed by atoms with Gasteiger partial charge in [-0.25, -0.2) is 4.98 Å². The Morgan fingerprint density at radius 3 is 2.94 bits per heavy atom. The molecule has 0 aliphatic rings. The normalized spacial score (nSPS) is 12.4. The highest BCUT2D eigenvalue weighted by molar-refractivity contribution is 9.11. The number of hydrogen-bond acceptors (Lipinski definition) is 4. The molecule has 0 spiro atoms. The van der Waals surface area contributed by atoms with Crippen LogP contribution in [0.3, 0.4) is 0 Å². The van der Waals surface area contributed by atoms with Crippen LogP contribution in [-0.4, -0.2) is 17.2 Å². The zero-order chi connectivity index (χ0) is 11.5. The standard InChI is InChI=1S/C11H10BrNO2S/c1-15-8-4-2-3-7(5-8)10(14)9-6-13-11(12)16-9/h2-6,10,14H,1H3. The molecule has 1 unspecified atom stereocenters. The lowest BCUT2D eigenvalue weighted by molar-refractivity contribution is 0.223. The molecule has 16 heavy (non-hydrogen) atoms. The van der Waals surface area contributed by atoms with E-state index in [1.165, 1.54) is 11.3 Å². The van der Waals surface area contributed by atoms with E-state index in [9.17, 15) is 5.11 Å². The van der Waals surface area contributed by atoms with Crippen LogP contribution in [0.1, 0.15) is 16.5 Å². The second kappa shape index (κ2) is 4.95. The van der Waals surface area contributed by atoms with Crippen molar-refractivity contribution in [3.63, 3.8) is 0 Å². The van der Waals surface area contributed by atoms with Crippen molar-refractivity contribution >= 4 is 27.3 Å². The number of thiazole rings is 1. The van der Waals surface area contributed by atoms with E-state index in [1.54, 1.807) is 13.3 Å². The van der Waals surface area contributed by atoms with Crippen LogP contribution >= 0.6 is 27.3 Å². The highest BCUT2D eigenvalue weighted by Crippen LogP contribution is 2.30. The molecule has 0 bridgehead atoms. The predicted molar refractivity (Wildman–Crippen MR) is 66.9 cm³/mol. The number of methoxy groups -OCH3 is 1. The van der Waals surface area contributed by atoms with Gasteiger partial charge in [0, 0.05) is 6.20 Å². The fourth-order valence-electron chi connectivity index (χ4n) is 1.37. The molecular formula is C11H10BrNO2S. The van der Waals surface area contributed by atoms with Crippen LogP contribution in [0.25, 0.3) is 0 Å². The first kappa shape index (κ1) is 11.6. The van der Waals surface area contributed by atoms with Gasteiger partial charge in [-0.05, 0) is 33.6 Å². The average molecular weight is 300 g/mol. The van der Waals surface area contributed by atoms with Crippen LogP contribution in [0.2, 0.25) is 0 Å². The molecule has 1 heterocycles. The summed E-state index contributed by atoms with van der Waals surface area (Å²) in [5, 5.41) is 10.1. The van der Waals surface area contributed by atoms with Crippen LogP contribution < -0.4 is 4.74 Å². The second-order valence-corrected chi connectivity index (χ2v) is 5.53. The Morgan fingerprint density at radius 2 is 2.31 bits per heavy atom. The number of aromatic nitrogens is 1. The zero-order valence-electron chi connectivity index (χ0n) is 8.55. The van der Waals surface area contributed by atoms with E-state index in [1.807, 2.05) is 24.3 Å². The number of nitrogens with zero attached hydrogens (tertiary/aromatic N) is 1. The monoisotopic (exact) mass is 299 g/mol. The van der Waals surface area contributed by atoms with Crippen LogP contribution in [-0.2, 0) is 0 Å². The second-order valence-electron chi connectivity index (χ2n) is 3.19. The van der Waals surface area contributed by atoms with E-state index in [-0.39, 0.29) is 0 Å². The van der Waals surface area contributed by atoms with Crippen molar-refractivity contribution < 1.29 is 9.84 Å². The Labute approximate surface area is 106 Å². The van der Waals surface area contributed by atoms with Gasteiger partial charge in [-0.1, -0.05) is 12.1 Å². The molecule has 0 radical (unpaired) electrons. The minimum Gasteiger partial charge on any atom is -0.497 e. The van der Waals surface area contributed by atoms with Crippen molar-refractivity contribution in [3.8, 4) is 5.75 Å². The Kier molecular flexibility index (Phi) is 3.58. The van der Waals surface area contributed by atoms with Gasteiger partial charge in [0.1, 0.15) is 11.9 Å². The third kappa shape index (κ3) is 2.42. The summed E-state index contributed by atoms with van der Waals surface area (Å²) in [7, 11) is 1.61. The highest BCUT2D eigenvalue weighted by atomic mass is 79.9. The van der Waals surface area contributed by atoms with Gasteiger partial charge in [-0.2, -0.15) is 0 Å². The Morgan fingerprint density at radius 1 is 1.50 bits per heavy atom. The Balaban J connectivity index is 2.29. The molecule has 0 aliphatic heterocycles. The van der Waals surface area contributed by atoms with Gasteiger partial charge in [0.05, 0.1) is 12.0 Å². The number of hydrogen-bond donors (Lipinski definition) is 1. The van der Waals surface area contributed by atoms with E-state index in [2.05, 4.69) is 20.9 Å². The first-order chi connectivity index (χ1) is 7.70. The van der Waals surface area contributed by atoms with Gasteiger partial charge in [0.2, 0.25) is 0 Å². The lowest BCUT2D eigenvalue weighted by Crippen LogP contribution is -1.97.